The molecule has 0 fully saturated rings. The van der Waals surface area contributed by atoms with Crippen LogP contribution < -0.4 is 14.8 Å². The molecule has 0 aliphatic rings. The molecule has 7 nitrogen and oxygen atoms in total. The highest BCUT2D eigenvalue weighted by Gasteiger charge is 2.17. The molecule has 0 saturated heterocycles. The van der Waals surface area contributed by atoms with Gasteiger partial charge < -0.3 is 14.8 Å². The van der Waals surface area contributed by atoms with Crippen molar-refractivity contribution in [1.82, 2.24) is 0 Å². The predicted molar refractivity (Wildman–Crippen MR) is 95.1 cm³/mol. The van der Waals surface area contributed by atoms with Crippen molar-refractivity contribution >= 4 is 22.8 Å². The summed E-state index contributed by atoms with van der Waals surface area (Å²) in [5, 5.41) is 14.3. The van der Waals surface area contributed by atoms with Gasteiger partial charge in [-0.05, 0) is 45.0 Å². The van der Waals surface area contributed by atoms with Crippen LogP contribution in [0.1, 0.15) is 31.1 Å². The molecule has 0 radical (unpaired) electrons. The molecule has 0 unspecified atom stereocenters. The third-order valence-corrected chi connectivity index (χ3v) is 3.41. The number of nitrogens with one attached hydrogen (secondary N) is 1. The summed E-state index contributed by atoms with van der Waals surface area (Å²) in [6.45, 7) is 5.18. The number of nitrogens with zero attached hydrogens (tertiary/aromatic N) is 1. The Hall–Kier alpha value is -3.09. The maximum absolute atomic E-state index is 11.4. The molecule has 0 atom stereocenters. The van der Waals surface area contributed by atoms with E-state index in [1.165, 1.54) is 26.2 Å². The standard InChI is InChI=1S/C18H20N2O5/c1-11(2)25-17-8-6-14(10-18(17)24-4)19-15-7-5-13(12(3)21)9-16(15)20(22)23/h5-11,19H,1-4H3. The Morgan fingerprint density at radius 2 is 1.88 bits per heavy atom. The number of anilines is 2. The van der Waals surface area contributed by atoms with E-state index in [0.717, 1.165) is 0 Å². The Labute approximate surface area is 145 Å². The molecule has 0 heterocycles. The minimum atomic E-state index is -0.526. The SMILES string of the molecule is COc1cc(Nc2ccc(C(C)=O)cc2[N+](=O)[O-])ccc1OC(C)C. The Bertz CT molecular complexity index is 802. The number of hydrogen-bond donors (Lipinski definition) is 1. The molecule has 0 aromatic heterocycles. The maximum atomic E-state index is 11.4. The molecule has 2 rings (SSSR count). The van der Waals surface area contributed by atoms with Crippen LogP contribution in [0.25, 0.3) is 0 Å². The third kappa shape index (κ3) is 4.47. The fourth-order valence-corrected chi connectivity index (χ4v) is 2.26. The Morgan fingerprint density at radius 1 is 1.16 bits per heavy atom. The number of ketones is 1. The van der Waals surface area contributed by atoms with Crippen molar-refractivity contribution in [1.29, 1.82) is 0 Å². The number of carbonyl (C=O) groups excluding carboxylic acids is 1. The lowest BCUT2D eigenvalue weighted by Crippen LogP contribution is -2.07. The van der Waals surface area contributed by atoms with E-state index in [0.29, 0.717) is 17.2 Å². The molecule has 2 aromatic carbocycles. The fourth-order valence-electron chi connectivity index (χ4n) is 2.26. The van der Waals surface area contributed by atoms with Crippen LogP contribution in [0.2, 0.25) is 0 Å². The lowest BCUT2D eigenvalue weighted by molar-refractivity contribution is -0.383. The molecule has 0 aliphatic carbocycles. The van der Waals surface area contributed by atoms with Gasteiger partial charge in [0.05, 0.1) is 18.1 Å². The van der Waals surface area contributed by atoms with Crippen LogP contribution in [0.15, 0.2) is 36.4 Å². The second kappa shape index (κ2) is 7.65. The molecule has 132 valence electrons. The van der Waals surface area contributed by atoms with Gasteiger partial charge in [-0.1, -0.05) is 0 Å². The molecule has 7 heteroatoms. The molecule has 2 aromatic rings. The summed E-state index contributed by atoms with van der Waals surface area (Å²) >= 11 is 0. The Kier molecular flexibility index (Phi) is 5.59. The fraction of sp³-hybridized carbons (Fsp3) is 0.278. The predicted octanol–water partition coefficient (Wildman–Crippen LogP) is 4.34. The summed E-state index contributed by atoms with van der Waals surface area (Å²) in [6.07, 6.45) is -0.00655. The van der Waals surface area contributed by atoms with Gasteiger partial charge in [-0.3, -0.25) is 14.9 Å². The summed E-state index contributed by atoms with van der Waals surface area (Å²) in [7, 11) is 1.52. The highest BCUT2D eigenvalue weighted by atomic mass is 16.6. The summed E-state index contributed by atoms with van der Waals surface area (Å²) < 4.78 is 11.0. The average molecular weight is 344 g/mol. The number of Topliss-reactive ketones (excluding diaryl/α,β-unsaturated/α-hetero) is 1. The normalized spacial score (nSPS) is 10.4. The largest absolute Gasteiger partial charge is 0.493 e. The zero-order valence-electron chi connectivity index (χ0n) is 14.5. The summed E-state index contributed by atoms with van der Waals surface area (Å²) in [5.74, 6) is 0.873. The van der Waals surface area contributed by atoms with Crippen LogP contribution in [0.5, 0.6) is 11.5 Å². The van der Waals surface area contributed by atoms with Crippen molar-refractivity contribution in [2.45, 2.75) is 26.9 Å². The summed E-state index contributed by atoms with van der Waals surface area (Å²) in [5.41, 5.74) is 1.01. The van der Waals surface area contributed by atoms with Gasteiger partial charge >= 0.3 is 0 Å². The van der Waals surface area contributed by atoms with Gasteiger partial charge in [0.25, 0.3) is 5.69 Å². The van der Waals surface area contributed by atoms with E-state index >= 15 is 0 Å². The van der Waals surface area contributed by atoms with Crippen LogP contribution in [0, 0.1) is 10.1 Å². The van der Waals surface area contributed by atoms with Crippen molar-refractivity contribution in [3.8, 4) is 11.5 Å². The first-order valence-electron chi connectivity index (χ1n) is 7.73. The van der Waals surface area contributed by atoms with Crippen LogP contribution in [0.3, 0.4) is 0 Å². The van der Waals surface area contributed by atoms with Gasteiger partial charge in [-0.15, -0.1) is 0 Å². The maximum Gasteiger partial charge on any atom is 0.293 e. The number of nitro benzene ring substituents is 1. The molecule has 25 heavy (non-hydrogen) atoms. The lowest BCUT2D eigenvalue weighted by atomic mass is 10.1. The minimum Gasteiger partial charge on any atom is -0.493 e. The molecule has 0 spiro atoms. The van der Waals surface area contributed by atoms with Gasteiger partial charge in [0, 0.05) is 23.4 Å². The molecule has 1 N–H and O–H groups in total. The number of rotatable bonds is 7. The molecular formula is C18H20N2O5. The number of hydrogen-bond acceptors (Lipinski definition) is 6. The average Bonchev–Trinajstić information content (AvgIpc) is 2.55. The smallest absolute Gasteiger partial charge is 0.293 e. The van der Waals surface area contributed by atoms with Crippen LogP contribution in [-0.4, -0.2) is 23.9 Å². The van der Waals surface area contributed by atoms with Gasteiger partial charge in [0.1, 0.15) is 5.69 Å². The van der Waals surface area contributed by atoms with Gasteiger partial charge in [0.15, 0.2) is 17.3 Å². The molecule has 0 bridgehead atoms. The van der Waals surface area contributed by atoms with Crippen molar-refractivity contribution in [3.05, 3.63) is 52.1 Å². The van der Waals surface area contributed by atoms with Crippen molar-refractivity contribution < 1.29 is 19.2 Å². The monoisotopic (exact) mass is 344 g/mol. The third-order valence-electron chi connectivity index (χ3n) is 3.41. The van der Waals surface area contributed by atoms with E-state index < -0.39 is 4.92 Å². The Balaban J connectivity index is 2.36. The van der Waals surface area contributed by atoms with E-state index in [2.05, 4.69) is 5.32 Å². The summed E-state index contributed by atoms with van der Waals surface area (Å²) in [6, 6.07) is 9.49. The van der Waals surface area contributed by atoms with Crippen LogP contribution in [-0.2, 0) is 0 Å². The molecular weight excluding hydrogens is 324 g/mol. The van der Waals surface area contributed by atoms with Gasteiger partial charge in [-0.2, -0.15) is 0 Å². The molecule has 0 amide bonds. The number of carbonyl (C=O) groups is 1. The topological polar surface area (TPSA) is 90.7 Å². The molecule has 0 saturated carbocycles. The number of methoxy groups -OCH3 is 1. The summed E-state index contributed by atoms with van der Waals surface area (Å²) in [4.78, 5) is 22.2. The van der Waals surface area contributed by atoms with Crippen LogP contribution in [0.4, 0.5) is 17.1 Å². The van der Waals surface area contributed by atoms with E-state index in [4.69, 9.17) is 9.47 Å². The molecule has 0 aliphatic heterocycles. The first-order valence-corrected chi connectivity index (χ1v) is 7.73. The first kappa shape index (κ1) is 18.3. The second-order valence-electron chi connectivity index (χ2n) is 5.70. The second-order valence-corrected chi connectivity index (χ2v) is 5.70. The van der Waals surface area contributed by atoms with Crippen LogP contribution >= 0.6 is 0 Å². The van der Waals surface area contributed by atoms with Gasteiger partial charge in [0.2, 0.25) is 0 Å². The number of benzene rings is 2. The van der Waals surface area contributed by atoms with E-state index in [1.807, 2.05) is 13.8 Å². The lowest BCUT2D eigenvalue weighted by Gasteiger charge is -2.15. The van der Waals surface area contributed by atoms with Crippen molar-refractivity contribution in [2.75, 3.05) is 12.4 Å². The number of ether oxygens (including phenoxy) is 2. The van der Waals surface area contributed by atoms with Crippen molar-refractivity contribution in [2.24, 2.45) is 0 Å². The van der Waals surface area contributed by atoms with E-state index in [-0.39, 0.29) is 28.8 Å². The first-order chi connectivity index (χ1) is 11.8. The number of nitro groups is 1. The highest BCUT2D eigenvalue weighted by molar-refractivity contribution is 5.95. The van der Waals surface area contributed by atoms with Gasteiger partial charge in [-0.25, -0.2) is 0 Å². The zero-order chi connectivity index (χ0) is 18.6. The van der Waals surface area contributed by atoms with E-state index in [1.54, 1.807) is 24.3 Å². The Morgan fingerprint density at radius 3 is 2.44 bits per heavy atom. The zero-order valence-corrected chi connectivity index (χ0v) is 14.5. The minimum absolute atomic E-state index is 0.00655. The highest BCUT2D eigenvalue weighted by Crippen LogP contribution is 2.34. The van der Waals surface area contributed by atoms with E-state index in [9.17, 15) is 14.9 Å². The quantitative estimate of drug-likeness (QED) is 0.456. The van der Waals surface area contributed by atoms with Crippen molar-refractivity contribution in [3.63, 3.8) is 0 Å².